The van der Waals surface area contributed by atoms with Gasteiger partial charge in [0, 0.05) is 5.56 Å². The summed E-state index contributed by atoms with van der Waals surface area (Å²) in [6, 6.07) is 31.7. The lowest BCUT2D eigenvalue weighted by Crippen LogP contribution is -2.04. The molecule has 5 aromatic rings. The van der Waals surface area contributed by atoms with Gasteiger partial charge in [0.25, 0.3) is 0 Å². The second-order valence-corrected chi connectivity index (χ2v) is 7.69. The van der Waals surface area contributed by atoms with Crippen molar-refractivity contribution in [3.05, 3.63) is 114 Å². The highest BCUT2D eigenvalue weighted by Gasteiger charge is 2.22. The minimum atomic E-state index is -0.802. The molecule has 0 aliphatic heterocycles. The van der Waals surface area contributed by atoms with Crippen molar-refractivity contribution in [2.24, 2.45) is 0 Å². The SMILES string of the molecule is Cc1ccccc1[C@@H](O)c1ccc2ccccc2c1-c1c(O)ccc2ccccc12. The van der Waals surface area contributed by atoms with Crippen LogP contribution in [0.4, 0.5) is 0 Å². The third-order valence-corrected chi connectivity index (χ3v) is 5.90. The first-order valence-electron chi connectivity index (χ1n) is 10.1. The Labute approximate surface area is 175 Å². The summed E-state index contributed by atoms with van der Waals surface area (Å²) in [5.41, 5.74) is 4.32. The predicted octanol–water partition coefficient (Wildman–Crippen LogP) is 6.76. The molecular formula is C28H22O2. The number of benzene rings is 5. The lowest BCUT2D eigenvalue weighted by atomic mass is 9.85. The maximum atomic E-state index is 11.5. The molecule has 146 valence electrons. The third-order valence-electron chi connectivity index (χ3n) is 5.90. The Morgan fingerprint density at radius 2 is 1.13 bits per heavy atom. The predicted molar refractivity (Wildman–Crippen MR) is 124 cm³/mol. The van der Waals surface area contributed by atoms with Gasteiger partial charge in [0.15, 0.2) is 0 Å². The molecule has 5 aromatic carbocycles. The monoisotopic (exact) mass is 390 g/mol. The summed E-state index contributed by atoms with van der Waals surface area (Å²) in [5.74, 6) is 0.211. The molecule has 0 aliphatic rings. The normalized spacial score (nSPS) is 12.3. The van der Waals surface area contributed by atoms with Gasteiger partial charge in [-0.05, 0) is 56.8 Å². The minimum Gasteiger partial charge on any atom is -0.507 e. The molecule has 0 aliphatic carbocycles. The molecule has 1 atom stereocenters. The average molecular weight is 390 g/mol. The van der Waals surface area contributed by atoms with Crippen LogP contribution < -0.4 is 0 Å². The Balaban J connectivity index is 1.90. The van der Waals surface area contributed by atoms with Crippen LogP contribution in [-0.4, -0.2) is 10.2 Å². The van der Waals surface area contributed by atoms with Gasteiger partial charge in [-0.25, -0.2) is 0 Å². The van der Waals surface area contributed by atoms with E-state index < -0.39 is 6.10 Å². The van der Waals surface area contributed by atoms with Crippen LogP contribution in [0.15, 0.2) is 97.1 Å². The standard InChI is InChI=1S/C28H22O2/c1-18-8-2-5-11-21(18)28(30)24-16-14-19-9-3-6-12-22(19)26(24)27-23-13-7-4-10-20(23)15-17-25(27)29/h2-17,28-30H,1H3/t28-/m1/s1. The number of rotatable bonds is 3. The van der Waals surface area contributed by atoms with Crippen molar-refractivity contribution in [3.8, 4) is 16.9 Å². The summed E-state index contributed by atoms with van der Waals surface area (Å²) in [6.07, 6.45) is -0.802. The van der Waals surface area contributed by atoms with E-state index in [1.165, 1.54) is 0 Å². The highest BCUT2D eigenvalue weighted by atomic mass is 16.3. The largest absolute Gasteiger partial charge is 0.507 e. The number of hydrogen-bond acceptors (Lipinski definition) is 2. The lowest BCUT2D eigenvalue weighted by molar-refractivity contribution is 0.220. The van der Waals surface area contributed by atoms with Crippen molar-refractivity contribution in [2.45, 2.75) is 13.0 Å². The molecule has 0 amide bonds. The zero-order chi connectivity index (χ0) is 20.7. The quantitative estimate of drug-likeness (QED) is 0.357. The van der Waals surface area contributed by atoms with Gasteiger partial charge in [0.1, 0.15) is 11.9 Å². The number of fused-ring (bicyclic) bond motifs is 2. The number of phenolic OH excluding ortho intramolecular Hbond substituents is 1. The zero-order valence-corrected chi connectivity index (χ0v) is 16.7. The van der Waals surface area contributed by atoms with Crippen LogP contribution in [0.1, 0.15) is 22.8 Å². The molecule has 0 unspecified atom stereocenters. The van der Waals surface area contributed by atoms with Gasteiger partial charge >= 0.3 is 0 Å². The number of aliphatic hydroxyl groups excluding tert-OH is 1. The molecule has 30 heavy (non-hydrogen) atoms. The van der Waals surface area contributed by atoms with Crippen LogP contribution in [0.5, 0.6) is 5.75 Å². The third kappa shape index (κ3) is 2.94. The second kappa shape index (κ2) is 7.33. The zero-order valence-electron chi connectivity index (χ0n) is 16.7. The molecular weight excluding hydrogens is 368 g/mol. The molecule has 0 fully saturated rings. The van der Waals surface area contributed by atoms with Crippen molar-refractivity contribution in [2.75, 3.05) is 0 Å². The van der Waals surface area contributed by atoms with E-state index in [9.17, 15) is 10.2 Å². The molecule has 2 heteroatoms. The van der Waals surface area contributed by atoms with Crippen molar-refractivity contribution < 1.29 is 10.2 Å². The number of hydrogen-bond donors (Lipinski definition) is 2. The summed E-state index contributed by atoms with van der Waals surface area (Å²) in [4.78, 5) is 0. The average Bonchev–Trinajstić information content (AvgIpc) is 2.78. The van der Waals surface area contributed by atoms with Crippen molar-refractivity contribution in [3.63, 3.8) is 0 Å². The summed E-state index contributed by atoms with van der Waals surface area (Å²) in [5, 5.41) is 26.5. The Kier molecular flexibility index (Phi) is 4.50. The van der Waals surface area contributed by atoms with E-state index >= 15 is 0 Å². The topological polar surface area (TPSA) is 40.5 Å². The Morgan fingerprint density at radius 3 is 1.83 bits per heavy atom. The first-order chi connectivity index (χ1) is 14.6. The van der Waals surface area contributed by atoms with E-state index in [-0.39, 0.29) is 5.75 Å². The Bertz CT molecular complexity index is 1380. The maximum absolute atomic E-state index is 11.5. The molecule has 0 heterocycles. The van der Waals surface area contributed by atoms with E-state index in [0.717, 1.165) is 49.4 Å². The molecule has 5 rings (SSSR count). The van der Waals surface area contributed by atoms with Gasteiger partial charge in [-0.3, -0.25) is 0 Å². The number of aryl methyl sites for hydroxylation is 1. The van der Waals surface area contributed by atoms with Crippen LogP contribution in [0.3, 0.4) is 0 Å². The van der Waals surface area contributed by atoms with Crippen LogP contribution in [0, 0.1) is 6.92 Å². The van der Waals surface area contributed by atoms with Crippen LogP contribution in [0.25, 0.3) is 32.7 Å². The van der Waals surface area contributed by atoms with Gasteiger partial charge in [-0.15, -0.1) is 0 Å². The molecule has 2 N–H and O–H groups in total. The first kappa shape index (κ1) is 18.4. The summed E-state index contributed by atoms with van der Waals surface area (Å²) in [6.45, 7) is 2.01. The van der Waals surface area contributed by atoms with E-state index in [1.54, 1.807) is 6.07 Å². The minimum absolute atomic E-state index is 0.211. The van der Waals surface area contributed by atoms with Gasteiger partial charge < -0.3 is 10.2 Å². The summed E-state index contributed by atoms with van der Waals surface area (Å²) in [7, 11) is 0. The molecule has 0 spiro atoms. The molecule has 0 saturated heterocycles. The van der Waals surface area contributed by atoms with E-state index in [4.69, 9.17) is 0 Å². The summed E-state index contributed by atoms with van der Waals surface area (Å²) >= 11 is 0. The Morgan fingerprint density at radius 1 is 0.567 bits per heavy atom. The van der Waals surface area contributed by atoms with Crippen molar-refractivity contribution in [1.29, 1.82) is 0 Å². The number of aromatic hydroxyl groups is 1. The number of phenols is 1. The highest BCUT2D eigenvalue weighted by Crippen LogP contribution is 2.44. The molecule has 0 bridgehead atoms. The van der Waals surface area contributed by atoms with Crippen LogP contribution in [0.2, 0.25) is 0 Å². The fraction of sp³-hybridized carbons (Fsp3) is 0.0714. The van der Waals surface area contributed by atoms with Crippen LogP contribution in [-0.2, 0) is 0 Å². The molecule has 0 saturated carbocycles. The lowest BCUT2D eigenvalue weighted by Gasteiger charge is -2.21. The smallest absolute Gasteiger partial charge is 0.124 e. The van der Waals surface area contributed by atoms with Gasteiger partial charge in [0.05, 0.1) is 0 Å². The summed E-state index contributed by atoms with van der Waals surface area (Å²) < 4.78 is 0. The van der Waals surface area contributed by atoms with Gasteiger partial charge in [0.2, 0.25) is 0 Å². The van der Waals surface area contributed by atoms with E-state index in [1.807, 2.05) is 85.8 Å². The van der Waals surface area contributed by atoms with Crippen LogP contribution >= 0.6 is 0 Å². The van der Waals surface area contributed by atoms with Gasteiger partial charge in [-0.1, -0.05) is 91.0 Å². The molecule has 0 radical (unpaired) electrons. The van der Waals surface area contributed by atoms with E-state index in [2.05, 4.69) is 12.1 Å². The Hall–Kier alpha value is -3.62. The fourth-order valence-corrected chi connectivity index (χ4v) is 4.38. The first-order valence-corrected chi connectivity index (χ1v) is 10.1. The fourth-order valence-electron chi connectivity index (χ4n) is 4.38. The van der Waals surface area contributed by atoms with Gasteiger partial charge in [-0.2, -0.15) is 0 Å². The molecule has 2 nitrogen and oxygen atoms in total. The van der Waals surface area contributed by atoms with E-state index in [0.29, 0.717) is 0 Å². The van der Waals surface area contributed by atoms with Crippen molar-refractivity contribution in [1.82, 2.24) is 0 Å². The number of aliphatic hydroxyl groups is 1. The molecule has 0 aromatic heterocycles. The second-order valence-electron chi connectivity index (χ2n) is 7.69. The van der Waals surface area contributed by atoms with Crippen molar-refractivity contribution >= 4 is 21.5 Å². The highest BCUT2D eigenvalue weighted by molar-refractivity contribution is 6.08. The maximum Gasteiger partial charge on any atom is 0.124 e.